The molecule has 1 fully saturated rings. The molecular formula is C22H21F3N6O2. The number of rotatable bonds is 4. The number of piperazine rings is 1. The second kappa shape index (κ2) is 8.39. The number of anilines is 2. The van der Waals surface area contributed by atoms with E-state index in [1.807, 2.05) is 17.0 Å². The smallest absolute Gasteiger partial charge is 0.417 e. The van der Waals surface area contributed by atoms with Crippen LogP contribution in [0.2, 0.25) is 0 Å². The highest BCUT2D eigenvalue weighted by Gasteiger charge is 2.31. The number of pyridine rings is 1. The number of hydrogen-bond acceptors (Lipinski definition) is 7. The summed E-state index contributed by atoms with van der Waals surface area (Å²) in [5.41, 5.74) is 2.87. The summed E-state index contributed by atoms with van der Waals surface area (Å²) in [7, 11) is 0. The Hall–Kier alpha value is -3.60. The lowest BCUT2D eigenvalue weighted by molar-refractivity contribution is -0.138. The minimum Gasteiger partial charge on any atom is -0.423 e. The van der Waals surface area contributed by atoms with E-state index >= 15 is 0 Å². The predicted octanol–water partition coefficient (Wildman–Crippen LogP) is 3.14. The van der Waals surface area contributed by atoms with Crippen LogP contribution in [0.25, 0.3) is 11.3 Å². The van der Waals surface area contributed by atoms with Crippen molar-refractivity contribution in [2.24, 2.45) is 0 Å². The summed E-state index contributed by atoms with van der Waals surface area (Å²) in [5.74, 6) is 0.737. The number of fused-ring (bicyclic) bond motifs is 1. The number of nitrogens with zero attached hydrogens (tertiary/aromatic N) is 4. The zero-order valence-corrected chi connectivity index (χ0v) is 17.5. The van der Waals surface area contributed by atoms with Crippen LogP contribution in [0.3, 0.4) is 0 Å². The fourth-order valence-corrected chi connectivity index (χ4v) is 4.04. The quantitative estimate of drug-likeness (QED) is 0.459. The lowest BCUT2D eigenvalue weighted by Crippen LogP contribution is -2.46. The van der Waals surface area contributed by atoms with Crippen LogP contribution in [0, 0.1) is 0 Å². The SMILES string of the molecule is O=C1CNc2cc(-c3[nH]ncc3CN3CCN(c4ccc(C(F)(F)F)cn4)CC3)ccc2O1. The zero-order valence-electron chi connectivity index (χ0n) is 17.5. The molecule has 2 aliphatic rings. The van der Waals surface area contributed by atoms with Crippen molar-refractivity contribution in [2.45, 2.75) is 12.7 Å². The summed E-state index contributed by atoms with van der Waals surface area (Å²) in [4.78, 5) is 19.7. The van der Waals surface area contributed by atoms with Gasteiger partial charge in [0.15, 0.2) is 5.75 Å². The number of esters is 1. The first kappa shape index (κ1) is 21.3. The van der Waals surface area contributed by atoms with Gasteiger partial charge in [-0.2, -0.15) is 18.3 Å². The number of carbonyl (C=O) groups is 1. The third kappa shape index (κ3) is 4.49. The van der Waals surface area contributed by atoms with Crippen molar-refractivity contribution in [1.82, 2.24) is 20.1 Å². The van der Waals surface area contributed by atoms with Gasteiger partial charge in [-0.05, 0) is 30.3 Å². The van der Waals surface area contributed by atoms with Gasteiger partial charge in [-0.3, -0.25) is 10.00 Å². The number of aromatic amines is 1. The second-order valence-corrected chi connectivity index (χ2v) is 7.97. The largest absolute Gasteiger partial charge is 0.423 e. The van der Waals surface area contributed by atoms with Gasteiger partial charge in [0, 0.05) is 50.0 Å². The van der Waals surface area contributed by atoms with Crippen molar-refractivity contribution >= 4 is 17.5 Å². The van der Waals surface area contributed by atoms with Gasteiger partial charge < -0.3 is 15.0 Å². The molecule has 5 rings (SSSR count). The lowest BCUT2D eigenvalue weighted by Gasteiger charge is -2.35. The summed E-state index contributed by atoms with van der Waals surface area (Å²) >= 11 is 0. The molecule has 0 radical (unpaired) electrons. The van der Waals surface area contributed by atoms with Crippen LogP contribution in [-0.2, 0) is 17.5 Å². The summed E-state index contributed by atoms with van der Waals surface area (Å²) in [5, 5.41) is 10.3. The molecule has 1 aromatic carbocycles. The zero-order chi connectivity index (χ0) is 23.0. The Labute approximate surface area is 187 Å². The van der Waals surface area contributed by atoms with Gasteiger partial charge in [-0.1, -0.05) is 0 Å². The topological polar surface area (TPSA) is 86.4 Å². The van der Waals surface area contributed by atoms with Crippen LogP contribution in [0.5, 0.6) is 5.75 Å². The summed E-state index contributed by atoms with van der Waals surface area (Å²) in [6, 6.07) is 8.06. The third-order valence-corrected chi connectivity index (χ3v) is 5.80. The lowest BCUT2D eigenvalue weighted by atomic mass is 10.1. The number of benzene rings is 1. The Morgan fingerprint density at radius 2 is 1.88 bits per heavy atom. The maximum atomic E-state index is 12.8. The normalized spacial score (nSPS) is 16.8. The Morgan fingerprint density at radius 3 is 2.61 bits per heavy atom. The van der Waals surface area contributed by atoms with Crippen molar-refractivity contribution < 1.29 is 22.7 Å². The van der Waals surface area contributed by atoms with Gasteiger partial charge in [0.1, 0.15) is 12.4 Å². The number of carbonyl (C=O) groups excluding carboxylic acids is 1. The van der Waals surface area contributed by atoms with Gasteiger partial charge in [-0.25, -0.2) is 9.78 Å². The van der Waals surface area contributed by atoms with Crippen molar-refractivity contribution in [3.05, 3.63) is 53.9 Å². The Balaban J connectivity index is 1.23. The fraction of sp³-hybridized carbons (Fsp3) is 0.318. The Bertz CT molecular complexity index is 1150. The molecule has 8 nitrogen and oxygen atoms in total. The Kier molecular flexibility index (Phi) is 5.41. The molecule has 4 heterocycles. The predicted molar refractivity (Wildman–Crippen MR) is 115 cm³/mol. The molecular weight excluding hydrogens is 437 g/mol. The highest BCUT2D eigenvalue weighted by atomic mass is 19.4. The number of H-pyrrole nitrogens is 1. The number of alkyl halides is 3. The van der Waals surface area contributed by atoms with E-state index < -0.39 is 11.7 Å². The van der Waals surface area contributed by atoms with Crippen molar-refractivity contribution in [2.75, 3.05) is 42.9 Å². The van der Waals surface area contributed by atoms with Crippen LogP contribution >= 0.6 is 0 Å². The van der Waals surface area contributed by atoms with E-state index in [0.29, 0.717) is 31.2 Å². The van der Waals surface area contributed by atoms with Crippen LogP contribution in [-0.4, -0.2) is 58.8 Å². The van der Waals surface area contributed by atoms with Gasteiger partial charge in [0.25, 0.3) is 0 Å². The first-order valence-corrected chi connectivity index (χ1v) is 10.5. The highest BCUT2D eigenvalue weighted by Crippen LogP contribution is 2.33. The number of ether oxygens (including phenoxy) is 1. The van der Waals surface area contributed by atoms with E-state index in [1.54, 1.807) is 12.3 Å². The molecule has 2 aliphatic heterocycles. The number of halogens is 3. The van der Waals surface area contributed by atoms with Crippen molar-refractivity contribution in [3.8, 4) is 17.0 Å². The van der Waals surface area contributed by atoms with E-state index in [9.17, 15) is 18.0 Å². The first-order chi connectivity index (χ1) is 15.9. The van der Waals surface area contributed by atoms with Gasteiger partial charge >= 0.3 is 12.1 Å². The monoisotopic (exact) mass is 458 g/mol. The van der Waals surface area contributed by atoms with Crippen molar-refractivity contribution in [3.63, 3.8) is 0 Å². The molecule has 3 aromatic rings. The molecule has 0 saturated carbocycles. The van der Waals surface area contributed by atoms with Crippen LogP contribution in [0.1, 0.15) is 11.1 Å². The van der Waals surface area contributed by atoms with E-state index in [2.05, 4.69) is 25.4 Å². The van der Waals surface area contributed by atoms with E-state index in [4.69, 9.17) is 4.74 Å². The molecule has 172 valence electrons. The standard InChI is InChI=1S/C22H21F3N6O2/c23-22(24,25)16-2-4-19(27-11-16)31-7-5-30(6-8-31)13-15-10-28-29-21(15)14-1-3-18-17(9-14)26-12-20(32)33-18/h1-4,9-11,26H,5-8,12-13H2,(H,28,29). The first-order valence-electron chi connectivity index (χ1n) is 10.5. The fourth-order valence-electron chi connectivity index (χ4n) is 4.04. The van der Waals surface area contributed by atoms with Crippen molar-refractivity contribution in [1.29, 1.82) is 0 Å². The molecule has 0 spiro atoms. The summed E-state index contributed by atoms with van der Waals surface area (Å²) in [6.07, 6.45) is -1.70. The maximum absolute atomic E-state index is 12.8. The summed E-state index contributed by atoms with van der Waals surface area (Å²) in [6.45, 7) is 3.63. The van der Waals surface area contributed by atoms with Crippen LogP contribution < -0.4 is 15.0 Å². The molecule has 0 bridgehead atoms. The van der Waals surface area contributed by atoms with E-state index in [1.165, 1.54) is 6.07 Å². The highest BCUT2D eigenvalue weighted by molar-refractivity contribution is 5.85. The number of hydrogen-bond donors (Lipinski definition) is 2. The molecule has 2 N–H and O–H groups in total. The molecule has 0 atom stereocenters. The molecule has 11 heteroatoms. The van der Waals surface area contributed by atoms with Crippen LogP contribution in [0.4, 0.5) is 24.7 Å². The average Bonchev–Trinajstić information content (AvgIpc) is 3.27. The minimum absolute atomic E-state index is 0.129. The van der Waals surface area contributed by atoms with Gasteiger partial charge in [0.2, 0.25) is 0 Å². The maximum Gasteiger partial charge on any atom is 0.417 e. The minimum atomic E-state index is -4.38. The average molecular weight is 458 g/mol. The van der Waals surface area contributed by atoms with Gasteiger partial charge in [-0.15, -0.1) is 0 Å². The molecule has 1 saturated heterocycles. The molecule has 0 amide bonds. The van der Waals surface area contributed by atoms with Crippen LogP contribution in [0.15, 0.2) is 42.7 Å². The molecule has 2 aromatic heterocycles. The number of nitrogens with one attached hydrogen (secondary N) is 2. The third-order valence-electron chi connectivity index (χ3n) is 5.80. The molecule has 0 unspecified atom stereocenters. The molecule has 33 heavy (non-hydrogen) atoms. The molecule has 0 aliphatic carbocycles. The summed E-state index contributed by atoms with van der Waals surface area (Å²) < 4.78 is 43.5. The second-order valence-electron chi connectivity index (χ2n) is 7.97. The Morgan fingerprint density at radius 1 is 1.06 bits per heavy atom. The van der Waals surface area contributed by atoms with E-state index in [-0.39, 0.29) is 12.5 Å². The van der Waals surface area contributed by atoms with E-state index in [0.717, 1.165) is 47.9 Å². The number of aromatic nitrogens is 3. The van der Waals surface area contributed by atoms with Gasteiger partial charge in [0.05, 0.1) is 23.1 Å².